The number of hydrogen-bond donors (Lipinski definition) is 2. The van der Waals surface area contributed by atoms with Crippen LogP contribution in [-0.2, 0) is 0 Å². The van der Waals surface area contributed by atoms with Crippen LogP contribution in [0.25, 0.3) is 33.0 Å². The van der Waals surface area contributed by atoms with Crippen molar-refractivity contribution in [1.29, 1.82) is 0 Å². The number of pyridine rings is 2. The monoisotopic (exact) mass is 312 g/mol. The van der Waals surface area contributed by atoms with E-state index in [0.29, 0.717) is 11.4 Å². The summed E-state index contributed by atoms with van der Waals surface area (Å²) in [5.41, 5.74) is 18.2. The van der Waals surface area contributed by atoms with Gasteiger partial charge in [-0.2, -0.15) is 0 Å². The van der Waals surface area contributed by atoms with Gasteiger partial charge in [0.05, 0.1) is 0 Å². The van der Waals surface area contributed by atoms with E-state index >= 15 is 0 Å². The molecule has 0 amide bonds. The van der Waals surface area contributed by atoms with Crippen LogP contribution in [0.1, 0.15) is 0 Å². The molecule has 0 unspecified atom stereocenters. The zero-order valence-electron chi connectivity index (χ0n) is 13.0. The van der Waals surface area contributed by atoms with Crippen molar-refractivity contribution >= 4 is 22.1 Å². The maximum absolute atomic E-state index is 6.28. The highest BCUT2D eigenvalue weighted by Gasteiger charge is 2.09. The molecule has 4 N–H and O–H groups in total. The van der Waals surface area contributed by atoms with Gasteiger partial charge in [0.25, 0.3) is 0 Å². The Kier molecular flexibility index (Phi) is 3.35. The van der Waals surface area contributed by atoms with E-state index in [4.69, 9.17) is 11.5 Å². The predicted octanol–water partition coefficient (Wildman–Crippen LogP) is 4.13. The third-order valence-electron chi connectivity index (χ3n) is 4.14. The van der Waals surface area contributed by atoms with Crippen LogP contribution in [0.2, 0.25) is 0 Å². The molecule has 0 aliphatic carbocycles. The third-order valence-corrected chi connectivity index (χ3v) is 4.14. The molecule has 0 fully saturated rings. The lowest BCUT2D eigenvalue weighted by Crippen LogP contribution is -1.95. The Balaban J connectivity index is 1.96. The van der Waals surface area contributed by atoms with E-state index < -0.39 is 0 Å². The fourth-order valence-corrected chi connectivity index (χ4v) is 3.01. The largest absolute Gasteiger partial charge is 0.398 e. The zero-order chi connectivity index (χ0) is 16.5. The first kappa shape index (κ1) is 14.2. The molecule has 24 heavy (non-hydrogen) atoms. The van der Waals surface area contributed by atoms with Gasteiger partial charge in [-0.25, -0.2) is 0 Å². The molecular weight excluding hydrogens is 296 g/mol. The number of fused-ring (bicyclic) bond motifs is 1. The Labute approximate surface area is 139 Å². The minimum Gasteiger partial charge on any atom is -0.398 e. The van der Waals surface area contributed by atoms with Gasteiger partial charge in [-0.05, 0) is 76.2 Å². The molecule has 0 aliphatic rings. The molecule has 0 saturated carbocycles. The number of nitrogens with zero attached hydrogens (tertiary/aromatic N) is 2. The summed E-state index contributed by atoms with van der Waals surface area (Å²) in [4.78, 5) is 8.13. The van der Waals surface area contributed by atoms with E-state index in [9.17, 15) is 0 Å². The van der Waals surface area contributed by atoms with Gasteiger partial charge in [-0.3, -0.25) is 9.97 Å². The molecule has 0 atom stereocenters. The standard InChI is InChI=1S/C20H16N4/c21-18-11-15(13-1-5-23-6-2-13)9-17-10-16(12-19(22)20(17)18)14-3-7-24-8-4-14/h1-12H,21-22H2. The topological polar surface area (TPSA) is 77.8 Å². The first-order valence-corrected chi connectivity index (χ1v) is 7.66. The van der Waals surface area contributed by atoms with E-state index in [0.717, 1.165) is 33.0 Å². The minimum absolute atomic E-state index is 0.679. The number of nitrogen functional groups attached to an aromatic ring is 2. The van der Waals surface area contributed by atoms with Gasteiger partial charge in [0.15, 0.2) is 0 Å². The van der Waals surface area contributed by atoms with Crippen molar-refractivity contribution < 1.29 is 0 Å². The highest BCUT2D eigenvalue weighted by molar-refractivity contribution is 6.06. The van der Waals surface area contributed by atoms with Crippen molar-refractivity contribution in [1.82, 2.24) is 9.97 Å². The molecule has 116 valence electrons. The maximum Gasteiger partial charge on any atom is 0.0420 e. The lowest BCUT2D eigenvalue weighted by Gasteiger charge is -2.12. The van der Waals surface area contributed by atoms with Gasteiger partial charge < -0.3 is 11.5 Å². The highest BCUT2D eigenvalue weighted by Crippen LogP contribution is 2.36. The van der Waals surface area contributed by atoms with Crippen LogP contribution in [0.5, 0.6) is 0 Å². The van der Waals surface area contributed by atoms with E-state index in [-0.39, 0.29) is 0 Å². The quantitative estimate of drug-likeness (QED) is 0.546. The average molecular weight is 312 g/mol. The molecule has 2 heterocycles. The Morgan fingerprint density at radius 1 is 0.542 bits per heavy atom. The van der Waals surface area contributed by atoms with Gasteiger partial charge in [-0.1, -0.05) is 0 Å². The van der Waals surface area contributed by atoms with Crippen molar-refractivity contribution in [3.05, 3.63) is 73.3 Å². The molecule has 0 aliphatic heterocycles. The number of anilines is 2. The Morgan fingerprint density at radius 2 is 0.958 bits per heavy atom. The summed E-state index contributed by atoms with van der Waals surface area (Å²) in [6.07, 6.45) is 7.10. The van der Waals surface area contributed by atoms with Crippen LogP contribution in [0.4, 0.5) is 11.4 Å². The van der Waals surface area contributed by atoms with Crippen molar-refractivity contribution in [3.63, 3.8) is 0 Å². The summed E-state index contributed by atoms with van der Waals surface area (Å²) in [7, 11) is 0. The van der Waals surface area contributed by atoms with Crippen molar-refractivity contribution in [2.75, 3.05) is 11.5 Å². The summed E-state index contributed by atoms with van der Waals surface area (Å²) in [6.45, 7) is 0. The molecule has 0 radical (unpaired) electrons. The van der Waals surface area contributed by atoms with Crippen molar-refractivity contribution in [2.45, 2.75) is 0 Å². The van der Waals surface area contributed by atoms with Crippen LogP contribution in [0.15, 0.2) is 73.3 Å². The second kappa shape index (κ2) is 5.66. The number of hydrogen-bond acceptors (Lipinski definition) is 4. The van der Waals surface area contributed by atoms with E-state index in [1.54, 1.807) is 24.8 Å². The van der Waals surface area contributed by atoms with Gasteiger partial charge in [0.2, 0.25) is 0 Å². The molecule has 0 bridgehead atoms. The summed E-state index contributed by atoms with van der Waals surface area (Å²) >= 11 is 0. The molecule has 4 rings (SSSR count). The average Bonchev–Trinajstić information content (AvgIpc) is 2.62. The van der Waals surface area contributed by atoms with Crippen LogP contribution in [-0.4, -0.2) is 9.97 Å². The first-order valence-electron chi connectivity index (χ1n) is 7.66. The van der Waals surface area contributed by atoms with E-state index in [1.807, 2.05) is 36.4 Å². The fourth-order valence-electron chi connectivity index (χ4n) is 3.01. The van der Waals surface area contributed by atoms with E-state index in [2.05, 4.69) is 22.1 Å². The molecule has 2 aromatic heterocycles. The second-order valence-corrected chi connectivity index (χ2v) is 5.70. The zero-order valence-corrected chi connectivity index (χ0v) is 13.0. The Bertz CT molecular complexity index is 932. The Morgan fingerprint density at radius 3 is 1.38 bits per heavy atom. The molecule has 0 spiro atoms. The number of benzene rings is 2. The first-order chi connectivity index (χ1) is 11.7. The van der Waals surface area contributed by atoms with Crippen molar-refractivity contribution in [3.8, 4) is 22.3 Å². The Hall–Kier alpha value is -3.40. The van der Waals surface area contributed by atoms with Gasteiger partial charge in [0.1, 0.15) is 0 Å². The minimum atomic E-state index is 0.679. The SMILES string of the molecule is Nc1cc(-c2ccncc2)cc2cc(-c3ccncc3)cc(N)c12. The fraction of sp³-hybridized carbons (Fsp3) is 0. The molecule has 4 nitrogen and oxygen atoms in total. The third kappa shape index (κ3) is 2.44. The predicted molar refractivity (Wildman–Crippen MR) is 99.2 cm³/mol. The summed E-state index contributed by atoms with van der Waals surface area (Å²) in [5.74, 6) is 0. The number of aromatic nitrogens is 2. The normalized spacial score (nSPS) is 10.8. The lowest BCUT2D eigenvalue weighted by atomic mass is 9.96. The molecule has 4 heteroatoms. The summed E-state index contributed by atoms with van der Waals surface area (Å²) < 4.78 is 0. The summed E-state index contributed by atoms with van der Waals surface area (Å²) in [6, 6.07) is 16.0. The van der Waals surface area contributed by atoms with Crippen LogP contribution in [0.3, 0.4) is 0 Å². The summed E-state index contributed by atoms with van der Waals surface area (Å²) in [5, 5.41) is 1.92. The lowest BCUT2D eigenvalue weighted by molar-refractivity contribution is 1.33. The van der Waals surface area contributed by atoms with Gasteiger partial charge >= 0.3 is 0 Å². The van der Waals surface area contributed by atoms with Crippen molar-refractivity contribution in [2.24, 2.45) is 0 Å². The molecular formula is C20H16N4. The van der Waals surface area contributed by atoms with Crippen LogP contribution >= 0.6 is 0 Å². The number of rotatable bonds is 2. The highest BCUT2D eigenvalue weighted by atomic mass is 14.6. The molecule has 4 aromatic rings. The van der Waals surface area contributed by atoms with Gasteiger partial charge in [-0.15, -0.1) is 0 Å². The molecule has 2 aromatic carbocycles. The molecule has 0 saturated heterocycles. The maximum atomic E-state index is 6.28. The smallest absolute Gasteiger partial charge is 0.0420 e. The van der Waals surface area contributed by atoms with Crippen LogP contribution in [0, 0.1) is 0 Å². The second-order valence-electron chi connectivity index (χ2n) is 5.70. The van der Waals surface area contributed by atoms with Crippen LogP contribution < -0.4 is 11.5 Å². The van der Waals surface area contributed by atoms with Gasteiger partial charge in [0, 0.05) is 41.5 Å². The van der Waals surface area contributed by atoms with E-state index in [1.165, 1.54) is 0 Å². The number of nitrogens with two attached hydrogens (primary N) is 2.